The standard InChI is InChI=1S/C18H21ClN4O4S/c1-27-8-2-6-23-16(25)13-5-4-12(19)10-14(13)21-18(23)28-9-3-7-22-15(24)11-20-17(22)26/h4-5,10H,2-3,6-9,11H2,1H3,(H,20,26). The Balaban J connectivity index is 1.75. The number of nitrogens with zero attached hydrogens (tertiary/aromatic N) is 3. The van der Waals surface area contributed by atoms with Crippen molar-refractivity contribution in [3.63, 3.8) is 0 Å². The quantitative estimate of drug-likeness (QED) is 0.287. The molecule has 0 atom stereocenters. The summed E-state index contributed by atoms with van der Waals surface area (Å²) in [4.78, 5) is 41.9. The smallest absolute Gasteiger partial charge is 0.324 e. The van der Waals surface area contributed by atoms with Crippen LogP contribution in [-0.4, -0.2) is 58.9 Å². The highest BCUT2D eigenvalue weighted by atomic mass is 35.5. The van der Waals surface area contributed by atoms with E-state index < -0.39 is 0 Å². The number of urea groups is 1. The van der Waals surface area contributed by atoms with Crippen LogP contribution in [0, 0.1) is 0 Å². The largest absolute Gasteiger partial charge is 0.385 e. The topological polar surface area (TPSA) is 93.5 Å². The van der Waals surface area contributed by atoms with E-state index in [1.54, 1.807) is 29.9 Å². The molecule has 0 saturated carbocycles. The van der Waals surface area contributed by atoms with E-state index in [0.717, 1.165) is 0 Å². The summed E-state index contributed by atoms with van der Waals surface area (Å²) in [5.74, 6) is 0.393. The number of hydrogen-bond donors (Lipinski definition) is 1. The molecule has 2 aromatic rings. The molecule has 3 rings (SSSR count). The molecule has 0 spiro atoms. The van der Waals surface area contributed by atoms with Crippen molar-refractivity contribution in [2.24, 2.45) is 0 Å². The number of ether oxygens (including phenoxy) is 1. The van der Waals surface area contributed by atoms with E-state index in [-0.39, 0.29) is 24.0 Å². The van der Waals surface area contributed by atoms with Crippen LogP contribution in [0.4, 0.5) is 4.79 Å². The third-order valence-corrected chi connectivity index (χ3v) is 5.60. The number of halogens is 1. The minimum atomic E-state index is -0.357. The van der Waals surface area contributed by atoms with Crippen LogP contribution >= 0.6 is 23.4 Å². The van der Waals surface area contributed by atoms with Gasteiger partial charge < -0.3 is 10.1 Å². The molecule has 0 radical (unpaired) electrons. The highest BCUT2D eigenvalue weighted by Crippen LogP contribution is 2.21. The molecule has 0 bridgehead atoms. The third-order valence-electron chi connectivity index (χ3n) is 4.31. The second-order valence-corrected chi connectivity index (χ2v) is 7.76. The summed E-state index contributed by atoms with van der Waals surface area (Å²) in [5, 5.41) is 4.13. The lowest BCUT2D eigenvalue weighted by atomic mass is 10.2. The van der Waals surface area contributed by atoms with Crippen LogP contribution in [0.2, 0.25) is 5.02 Å². The Labute approximate surface area is 171 Å². The fourth-order valence-corrected chi connectivity index (χ4v) is 4.03. The van der Waals surface area contributed by atoms with Gasteiger partial charge in [0.25, 0.3) is 5.56 Å². The number of hydrogen-bond acceptors (Lipinski definition) is 6. The Morgan fingerprint density at radius 2 is 2.07 bits per heavy atom. The summed E-state index contributed by atoms with van der Waals surface area (Å²) in [7, 11) is 1.62. The maximum absolute atomic E-state index is 12.9. The Kier molecular flexibility index (Phi) is 6.93. The van der Waals surface area contributed by atoms with Crippen molar-refractivity contribution in [3.05, 3.63) is 33.6 Å². The van der Waals surface area contributed by atoms with Crippen molar-refractivity contribution in [3.8, 4) is 0 Å². The normalized spacial score (nSPS) is 14.1. The zero-order chi connectivity index (χ0) is 20.1. The minimum Gasteiger partial charge on any atom is -0.385 e. The Hall–Kier alpha value is -2.10. The fourth-order valence-electron chi connectivity index (χ4n) is 2.92. The van der Waals surface area contributed by atoms with Crippen molar-refractivity contribution < 1.29 is 14.3 Å². The first kappa shape index (κ1) is 20.6. The van der Waals surface area contributed by atoms with Crippen molar-refractivity contribution in [2.75, 3.05) is 32.6 Å². The lowest BCUT2D eigenvalue weighted by Gasteiger charge is -2.14. The highest BCUT2D eigenvalue weighted by molar-refractivity contribution is 7.99. The van der Waals surface area contributed by atoms with Crippen molar-refractivity contribution in [1.29, 1.82) is 0 Å². The number of thioether (sulfide) groups is 1. The first-order chi connectivity index (χ1) is 13.5. The van der Waals surface area contributed by atoms with Crippen molar-refractivity contribution in [2.45, 2.75) is 24.5 Å². The van der Waals surface area contributed by atoms with E-state index in [9.17, 15) is 14.4 Å². The molecule has 1 fully saturated rings. The third kappa shape index (κ3) is 4.65. The van der Waals surface area contributed by atoms with Gasteiger partial charge in [-0.15, -0.1) is 0 Å². The number of benzene rings is 1. The van der Waals surface area contributed by atoms with E-state index in [0.29, 0.717) is 59.4 Å². The van der Waals surface area contributed by atoms with Crippen LogP contribution in [0.1, 0.15) is 12.8 Å². The SMILES string of the molecule is COCCCn1c(SCCCN2C(=O)CNC2=O)nc2cc(Cl)ccc2c1=O. The van der Waals surface area contributed by atoms with E-state index in [4.69, 9.17) is 16.3 Å². The predicted octanol–water partition coefficient (Wildman–Crippen LogP) is 2.12. The molecular formula is C18H21ClN4O4S. The van der Waals surface area contributed by atoms with Gasteiger partial charge in [-0.3, -0.25) is 19.1 Å². The number of nitrogens with one attached hydrogen (secondary N) is 1. The molecule has 1 aliphatic rings. The number of carbonyl (C=O) groups is 2. The molecule has 1 aromatic heterocycles. The lowest BCUT2D eigenvalue weighted by molar-refractivity contribution is -0.124. The van der Waals surface area contributed by atoms with Gasteiger partial charge in [0.2, 0.25) is 5.91 Å². The second-order valence-electron chi connectivity index (χ2n) is 6.27. The van der Waals surface area contributed by atoms with Crippen LogP contribution in [0.15, 0.2) is 28.2 Å². The van der Waals surface area contributed by atoms with Gasteiger partial charge in [0.1, 0.15) is 0 Å². The summed E-state index contributed by atoms with van der Waals surface area (Å²) in [5.41, 5.74) is 0.437. The first-order valence-corrected chi connectivity index (χ1v) is 10.3. The molecular weight excluding hydrogens is 404 g/mol. The van der Waals surface area contributed by atoms with Gasteiger partial charge in [-0.1, -0.05) is 23.4 Å². The summed E-state index contributed by atoms with van der Waals surface area (Å²) in [6.45, 7) is 1.43. The molecule has 150 valence electrons. The molecule has 1 aliphatic heterocycles. The Morgan fingerprint density at radius 1 is 1.25 bits per heavy atom. The average Bonchev–Trinajstić information content (AvgIpc) is 2.99. The van der Waals surface area contributed by atoms with Crippen LogP contribution in [0.25, 0.3) is 10.9 Å². The van der Waals surface area contributed by atoms with E-state index in [1.165, 1.54) is 16.7 Å². The molecule has 28 heavy (non-hydrogen) atoms. The first-order valence-electron chi connectivity index (χ1n) is 8.91. The van der Waals surface area contributed by atoms with Crippen LogP contribution in [-0.2, 0) is 16.1 Å². The number of imide groups is 1. The van der Waals surface area contributed by atoms with Gasteiger partial charge in [-0.25, -0.2) is 9.78 Å². The zero-order valence-electron chi connectivity index (χ0n) is 15.4. The number of aromatic nitrogens is 2. The van der Waals surface area contributed by atoms with E-state index in [1.807, 2.05) is 0 Å². The molecule has 1 N–H and O–H groups in total. The fraction of sp³-hybridized carbons (Fsp3) is 0.444. The Bertz CT molecular complexity index is 933. The summed E-state index contributed by atoms with van der Waals surface area (Å²) < 4.78 is 6.73. The van der Waals surface area contributed by atoms with Gasteiger partial charge in [-0.05, 0) is 31.0 Å². The van der Waals surface area contributed by atoms with Crippen molar-refractivity contribution in [1.82, 2.24) is 19.8 Å². The number of methoxy groups -OCH3 is 1. The minimum absolute atomic E-state index is 0.0536. The van der Waals surface area contributed by atoms with Gasteiger partial charge in [-0.2, -0.15) is 0 Å². The maximum atomic E-state index is 12.9. The predicted molar refractivity (Wildman–Crippen MR) is 108 cm³/mol. The molecule has 1 aromatic carbocycles. The molecule has 0 unspecified atom stereocenters. The molecule has 10 heteroatoms. The van der Waals surface area contributed by atoms with Crippen LogP contribution in [0.5, 0.6) is 0 Å². The summed E-state index contributed by atoms with van der Waals surface area (Å²) >= 11 is 7.47. The number of amides is 3. The molecule has 0 aliphatic carbocycles. The van der Waals surface area contributed by atoms with Gasteiger partial charge >= 0.3 is 6.03 Å². The number of fused-ring (bicyclic) bond motifs is 1. The van der Waals surface area contributed by atoms with Gasteiger partial charge in [0.15, 0.2) is 5.16 Å². The summed E-state index contributed by atoms with van der Waals surface area (Å²) in [6.07, 6.45) is 1.29. The monoisotopic (exact) mass is 424 g/mol. The van der Waals surface area contributed by atoms with Gasteiger partial charge in [0.05, 0.1) is 17.4 Å². The zero-order valence-corrected chi connectivity index (χ0v) is 17.0. The average molecular weight is 425 g/mol. The highest BCUT2D eigenvalue weighted by Gasteiger charge is 2.27. The van der Waals surface area contributed by atoms with E-state index >= 15 is 0 Å². The van der Waals surface area contributed by atoms with Crippen LogP contribution < -0.4 is 10.9 Å². The van der Waals surface area contributed by atoms with Crippen molar-refractivity contribution >= 4 is 46.2 Å². The molecule has 1 saturated heterocycles. The summed E-state index contributed by atoms with van der Waals surface area (Å²) in [6, 6.07) is 4.68. The second kappa shape index (κ2) is 9.40. The maximum Gasteiger partial charge on any atom is 0.324 e. The van der Waals surface area contributed by atoms with Gasteiger partial charge in [0, 0.05) is 37.6 Å². The number of rotatable bonds is 9. The molecule has 3 amide bonds. The number of carbonyl (C=O) groups excluding carboxylic acids is 2. The lowest BCUT2D eigenvalue weighted by Crippen LogP contribution is -2.32. The van der Waals surface area contributed by atoms with Crippen LogP contribution in [0.3, 0.4) is 0 Å². The molecule has 8 nitrogen and oxygen atoms in total. The molecule has 2 heterocycles. The van der Waals surface area contributed by atoms with E-state index in [2.05, 4.69) is 10.3 Å². The Morgan fingerprint density at radius 3 is 2.79 bits per heavy atom.